The van der Waals surface area contributed by atoms with Crippen LogP contribution >= 0.6 is 35.6 Å². The quantitative estimate of drug-likeness (QED) is 0.857. The van der Waals surface area contributed by atoms with E-state index in [9.17, 15) is 4.79 Å². The van der Waals surface area contributed by atoms with Gasteiger partial charge in [-0.15, -0.1) is 12.4 Å². The van der Waals surface area contributed by atoms with Gasteiger partial charge in [0.05, 0.1) is 19.3 Å². The standard InChI is InChI=1S/C16H20Cl2N2O2.ClH/c1-10-14-6-11(17)7-15(18)13(14)2-4-20(10)16(21)8-12-9-22-5-3-19-12;/h6-7,10,12,19H,2-5,8-9H2,1H3;1H. The number of benzene rings is 1. The Morgan fingerprint density at radius 3 is 2.91 bits per heavy atom. The largest absolute Gasteiger partial charge is 0.378 e. The van der Waals surface area contributed by atoms with Crippen molar-refractivity contribution in [2.45, 2.75) is 31.8 Å². The molecule has 0 saturated carbocycles. The molecular formula is C16H21Cl3N2O2. The summed E-state index contributed by atoms with van der Waals surface area (Å²) in [5.74, 6) is 0.150. The van der Waals surface area contributed by atoms with Crippen molar-refractivity contribution in [2.75, 3.05) is 26.3 Å². The highest BCUT2D eigenvalue weighted by molar-refractivity contribution is 6.35. The minimum atomic E-state index is -0.00282. The molecule has 128 valence electrons. The fourth-order valence-electron chi connectivity index (χ4n) is 3.27. The molecule has 2 heterocycles. The van der Waals surface area contributed by atoms with E-state index in [0.717, 1.165) is 30.7 Å². The molecule has 7 heteroatoms. The molecule has 0 aromatic heterocycles. The Balaban J connectivity index is 0.00000192. The average molecular weight is 380 g/mol. The van der Waals surface area contributed by atoms with Crippen LogP contribution in [-0.2, 0) is 16.0 Å². The zero-order chi connectivity index (χ0) is 15.7. The molecule has 0 spiro atoms. The summed E-state index contributed by atoms with van der Waals surface area (Å²) in [5.41, 5.74) is 2.17. The number of hydrogen-bond donors (Lipinski definition) is 1. The van der Waals surface area contributed by atoms with Crippen molar-refractivity contribution in [3.05, 3.63) is 33.3 Å². The van der Waals surface area contributed by atoms with Crippen LogP contribution in [0.3, 0.4) is 0 Å². The smallest absolute Gasteiger partial charge is 0.224 e. The minimum Gasteiger partial charge on any atom is -0.378 e. The first kappa shape index (κ1) is 18.8. The van der Waals surface area contributed by atoms with Gasteiger partial charge >= 0.3 is 0 Å². The van der Waals surface area contributed by atoms with Gasteiger partial charge in [-0.25, -0.2) is 0 Å². The maximum Gasteiger partial charge on any atom is 0.224 e. The molecule has 23 heavy (non-hydrogen) atoms. The van der Waals surface area contributed by atoms with E-state index in [0.29, 0.717) is 29.6 Å². The van der Waals surface area contributed by atoms with Gasteiger partial charge in [0.1, 0.15) is 0 Å². The Hall–Kier alpha value is -0.520. The molecule has 1 N–H and O–H groups in total. The van der Waals surface area contributed by atoms with Crippen molar-refractivity contribution in [1.29, 1.82) is 0 Å². The first-order valence-electron chi connectivity index (χ1n) is 7.64. The molecular weight excluding hydrogens is 359 g/mol. The highest BCUT2D eigenvalue weighted by atomic mass is 35.5. The van der Waals surface area contributed by atoms with Crippen molar-refractivity contribution in [2.24, 2.45) is 0 Å². The van der Waals surface area contributed by atoms with Crippen molar-refractivity contribution in [1.82, 2.24) is 10.2 Å². The van der Waals surface area contributed by atoms with E-state index >= 15 is 0 Å². The Labute approximate surface area is 152 Å². The number of morpholine rings is 1. The lowest BCUT2D eigenvalue weighted by atomic mass is 9.93. The Kier molecular flexibility index (Phi) is 6.57. The lowest BCUT2D eigenvalue weighted by Gasteiger charge is -2.37. The molecule has 2 aliphatic rings. The second-order valence-corrected chi connectivity index (χ2v) is 6.74. The van der Waals surface area contributed by atoms with Gasteiger partial charge in [-0.2, -0.15) is 0 Å². The van der Waals surface area contributed by atoms with E-state index in [-0.39, 0.29) is 30.4 Å². The number of nitrogens with one attached hydrogen (secondary N) is 1. The average Bonchev–Trinajstić information content (AvgIpc) is 2.49. The summed E-state index contributed by atoms with van der Waals surface area (Å²) in [6, 6.07) is 3.80. The molecule has 1 aromatic carbocycles. The Morgan fingerprint density at radius 2 is 2.22 bits per heavy atom. The molecule has 4 nitrogen and oxygen atoms in total. The van der Waals surface area contributed by atoms with E-state index in [1.54, 1.807) is 6.07 Å². The topological polar surface area (TPSA) is 41.6 Å². The lowest BCUT2D eigenvalue weighted by molar-refractivity contribution is -0.135. The van der Waals surface area contributed by atoms with Crippen LogP contribution in [0.5, 0.6) is 0 Å². The number of fused-ring (bicyclic) bond motifs is 1. The third-order valence-electron chi connectivity index (χ3n) is 4.45. The lowest BCUT2D eigenvalue weighted by Crippen LogP contribution is -2.46. The Bertz CT molecular complexity index is 577. The monoisotopic (exact) mass is 378 g/mol. The van der Waals surface area contributed by atoms with E-state index in [4.69, 9.17) is 27.9 Å². The summed E-state index contributed by atoms with van der Waals surface area (Å²) in [6.45, 7) is 4.86. The van der Waals surface area contributed by atoms with Crippen molar-refractivity contribution >= 4 is 41.5 Å². The molecule has 1 amide bonds. The zero-order valence-corrected chi connectivity index (χ0v) is 15.3. The van der Waals surface area contributed by atoms with E-state index in [2.05, 4.69) is 5.32 Å². The molecule has 1 fully saturated rings. The number of rotatable bonds is 2. The first-order chi connectivity index (χ1) is 10.6. The minimum absolute atomic E-state index is 0. The normalized spacial score (nSPS) is 23.9. The molecule has 1 saturated heterocycles. The molecule has 0 radical (unpaired) electrons. The highest BCUT2D eigenvalue weighted by Crippen LogP contribution is 2.36. The number of hydrogen-bond acceptors (Lipinski definition) is 3. The summed E-state index contributed by atoms with van der Waals surface area (Å²) >= 11 is 12.4. The van der Waals surface area contributed by atoms with Gasteiger partial charge in [0.2, 0.25) is 5.91 Å². The second-order valence-electron chi connectivity index (χ2n) is 5.90. The van der Waals surface area contributed by atoms with Crippen molar-refractivity contribution in [3.8, 4) is 0 Å². The van der Waals surface area contributed by atoms with Crippen LogP contribution in [0.2, 0.25) is 10.0 Å². The van der Waals surface area contributed by atoms with Gasteiger partial charge in [0, 0.05) is 35.6 Å². The molecule has 0 aliphatic carbocycles. The highest BCUT2D eigenvalue weighted by Gasteiger charge is 2.30. The summed E-state index contributed by atoms with van der Waals surface area (Å²) in [5, 5.41) is 4.64. The van der Waals surface area contributed by atoms with Gasteiger partial charge in [0.25, 0.3) is 0 Å². The second kappa shape index (κ2) is 8.04. The van der Waals surface area contributed by atoms with E-state index < -0.39 is 0 Å². The molecule has 2 aliphatic heterocycles. The number of amides is 1. The maximum absolute atomic E-state index is 12.6. The molecule has 2 atom stereocenters. The summed E-state index contributed by atoms with van der Waals surface area (Å²) in [4.78, 5) is 14.5. The number of halogens is 3. The van der Waals surface area contributed by atoms with E-state index in [1.807, 2.05) is 17.9 Å². The zero-order valence-electron chi connectivity index (χ0n) is 13.0. The predicted molar refractivity (Wildman–Crippen MR) is 94.8 cm³/mol. The molecule has 0 bridgehead atoms. The number of ether oxygens (including phenoxy) is 1. The SMILES string of the molecule is CC1c2cc(Cl)cc(Cl)c2CCN1C(=O)CC1COCCN1.Cl. The summed E-state index contributed by atoms with van der Waals surface area (Å²) < 4.78 is 5.42. The van der Waals surface area contributed by atoms with Gasteiger partial charge in [0.15, 0.2) is 0 Å². The van der Waals surface area contributed by atoms with Gasteiger partial charge in [-0.3, -0.25) is 4.79 Å². The van der Waals surface area contributed by atoms with Crippen LogP contribution in [0.4, 0.5) is 0 Å². The third-order valence-corrected chi connectivity index (χ3v) is 5.01. The summed E-state index contributed by atoms with van der Waals surface area (Å²) in [6.07, 6.45) is 1.24. The van der Waals surface area contributed by atoms with Crippen LogP contribution < -0.4 is 5.32 Å². The maximum atomic E-state index is 12.6. The van der Waals surface area contributed by atoms with Gasteiger partial charge in [-0.05, 0) is 36.6 Å². The van der Waals surface area contributed by atoms with Crippen LogP contribution in [0.25, 0.3) is 0 Å². The van der Waals surface area contributed by atoms with Crippen LogP contribution in [0, 0.1) is 0 Å². The number of nitrogens with zero attached hydrogens (tertiary/aromatic N) is 1. The fourth-order valence-corrected chi connectivity index (χ4v) is 3.88. The molecule has 3 rings (SSSR count). The van der Waals surface area contributed by atoms with Crippen molar-refractivity contribution < 1.29 is 9.53 Å². The summed E-state index contributed by atoms with van der Waals surface area (Å²) in [7, 11) is 0. The molecule has 2 unspecified atom stereocenters. The van der Waals surface area contributed by atoms with Gasteiger partial charge < -0.3 is 15.0 Å². The van der Waals surface area contributed by atoms with E-state index in [1.165, 1.54) is 0 Å². The van der Waals surface area contributed by atoms with Crippen LogP contribution in [0.1, 0.15) is 30.5 Å². The number of carbonyl (C=O) groups is 1. The van der Waals surface area contributed by atoms with Crippen molar-refractivity contribution in [3.63, 3.8) is 0 Å². The first-order valence-corrected chi connectivity index (χ1v) is 8.40. The fraction of sp³-hybridized carbons (Fsp3) is 0.562. The Morgan fingerprint density at radius 1 is 1.43 bits per heavy atom. The van der Waals surface area contributed by atoms with Crippen LogP contribution in [0.15, 0.2) is 12.1 Å². The third kappa shape index (κ3) is 4.12. The molecule has 1 aromatic rings. The van der Waals surface area contributed by atoms with Gasteiger partial charge in [-0.1, -0.05) is 23.2 Å². The number of carbonyl (C=O) groups excluding carboxylic acids is 1. The predicted octanol–water partition coefficient (Wildman–Crippen LogP) is 3.24. The van der Waals surface area contributed by atoms with Crippen LogP contribution in [-0.4, -0.2) is 43.2 Å².